The molecule has 17 heavy (non-hydrogen) atoms. The number of nitrogens with zero attached hydrogens (tertiary/aromatic N) is 2. The number of piperidine rings is 1. The molecule has 3 rings (SSSR count). The van der Waals surface area contributed by atoms with Gasteiger partial charge in [0.2, 0.25) is 0 Å². The summed E-state index contributed by atoms with van der Waals surface area (Å²) in [5.41, 5.74) is 1.03. The van der Waals surface area contributed by atoms with Gasteiger partial charge < -0.3 is 9.84 Å². The summed E-state index contributed by atoms with van der Waals surface area (Å²) < 4.78 is 6.57. The number of hydrogen-bond donors (Lipinski definition) is 1. The maximum Gasteiger partial charge on any atom is 0.258 e. The minimum Gasteiger partial charge on any atom is -0.334 e. The molecule has 0 atom stereocenters. The second-order valence-electron chi connectivity index (χ2n) is 4.12. The summed E-state index contributed by atoms with van der Waals surface area (Å²) in [6, 6.07) is 2.07. The first-order chi connectivity index (χ1) is 8.33. The summed E-state index contributed by atoms with van der Waals surface area (Å²) in [4.78, 5) is 4.52. The molecule has 1 fully saturated rings. The second kappa shape index (κ2) is 5.03. The quantitative estimate of drug-likeness (QED) is 0.836. The third-order valence-corrected chi connectivity index (χ3v) is 4.75. The van der Waals surface area contributed by atoms with Gasteiger partial charge in [0, 0.05) is 11.3 Å². The van der Waals surface area contributed by atoms with E-state index in [-0.39, 0.29) is 0 Å². The van der Waals surface area contributed by atoms with Crippen LogP contribution in [0.3, 0.4) is 0 Å². The van der Waals surface area contributed by atoms with E-state index in [0.717, 1.165) is 37.3 Å². The highest BCUT2D eigenvalue weighted by Crippen LogP contribution is 2.28. The molecule has 0 spiro atoms. The maximum atomic E-state index is 5.34. The van der Waals surface area contributed by atoms with E-state index in [1.807, 2.05) is 0 Å². The van der Waals surface area contributed by atoms with Crippen molar-refractivity contribution >= 4 is 33.9 Å². The number of aromatic nitrogens is 2. The molecule has 2 aromatic rings. The molecule has 0 unspecified atom stereocenters. The number of rotatable bonds is 2. The fourth-order valence-corrected chi connectivity index (χ4v) is 3.34. The van der Waals surface area contributed by atoms with Crippen LogP contribution in [-0.4, -0.2) is 23.2 Å². The van der Waals surface area contributed by atoms with Crippen LogP contribution in [0.25, 0.3) is 11.5 Å². The van der Waals surface area contributed by atoms with Gasteiger partial charge in [-0.1, -0.05) is 5.16 Å². The van der Waals surface area contributed by atoms with E-state index in [9.17, 15) is 0 Å². The van der Waals surface area contributed by atoms with Gasteiger partial charge in [-0.2, -0.15) is 4.98 Å². The van der Waals surface area contributed by atoms with E-state index in [1.54, 1.807) is 11.3 Å². The molecular formula is C11H12IN3OS. The predicted octanol–water partition coefficient (Wildman–Crippen LogP) is 2.87. The Morgan fingerprint density at radius 1 is 1.41 bits per heavy atom. The van der Waals surface area contributed by atoms with Crippen LogP contribution in [0.1, 0.15) is 24.6 Å². The van der Waals surface area contributed by atoms with Crippen LogP contribution in [0.2, 0.25) is 0 Å². The topological polar surface area (TPSA) is 51.0 Å². The third-order valence-electron chi connectivity index (χ3n) is 2.96. The Hall–Kier alpha value is -0.470. The highest BCUT2D eigenvalue weighted by molar-refractivity contribution is 14.1. The molecule has 0 amide bonds. The average Bonchev–Trinajstić information content (AvgIpc) is 2.98. The Morgan fingerprint density at radius 3 is 2.94 bits per heavy atom. The van der Waals surface area contributed by atoms with Gasteiger partial charge in [0.15, 0.2) is 5.82 Å². The lowest BCUT2D eigenvalue weighted by Gasteiger charge is -2.18. The molecule has 0 aromatic carbocycles. The van der Waals surface area contributed by atoms with Crippen molar-refractivity contribution in [1.82, 2.24) is 15.5 Å². The molecule has 4 nitrogen and oxygen atoms in total. The van der Waals surface area contributed by atoms with E-state index in [2.05, 4.69) is 49.5 Å². The number of nitrogens with one attached hydrogen (secondary N) is 1. The molecule has 0 aliphatic carbocycles. The van der Waals surface area contributed by atoms with E-state index in [4.69, 9.17) is 4.52 Å². The van der Waals surface area contributed by atoms with Gasteiger partial charge >= 0.3 is 0 Å². The molecule has 3 heterocycles. The van der Waals surface area contributed by atoms with Gasteiger partial charge in [-0.25, -0.2) is 0 Å². The standard InChI is InChI=1S/C11H12IN3OS/c12-9-5-8(6-17-9)11-14-10(15-16-11)7-1-3-13-4-2-7/h5-7,13H,1-4H2. The Labute approximate surface area is 117 Å². The van der Waals surface area contributed by atoms with Gasteiger partial charge in [-0.05, 0) is 54.6 Å². The molecule has 0 bridgehead atoms. The molecule has 6 heteroatoms. The fraction of sp³-hybridized carbons (Fsp3) is 0.455. The molecule has 1 aliphatic heterocycles. The smallest absolute Gasteiger partial charge is 0.258 e. The van der Waals surface area contributed by atoms with Crippen molar-refractivity contribution in [2.45, 2.75) is 18.8 Å². The minimum atomic E-state index is 0.450. The lowest BCUT2D eigenvalue weighted by atomic mass is 9.98. The van der Waals surface area contributed by atoms with Crippen LogP contribution >= 0.6 is 33.9 Å². The second-order valence-corrected chi connectivity index (χ2v) is 6.93. The average molecular weight is 361 g/mol. The lowest BCUT2D eigenvalue weighted by Crippen LogP contribution is -2.27. The van der Waals surface area contributed by atoms with E-state index in [0.29, 0.717) is 11.8 Å². The summed E-state index contributed by atoms with van der Waals surface area (Å²) in [5.74, 6) is 1.96. The SMILES string of the molecule is Ic1cc(-c2nc(C3CCNCC3)no2)cs1. The van der Waals surface area contributed by atoms with Gasteiger partial charge in [0.05, 0.1) is 8.45 Å². The normalized spacial score (nSPS) is 17.5. The summed E-state index contributed by atoms with van der Waals surface area (Å²) in [7, 11) is 0. The largest absolute Gasteiger partial charge is 0.334 e. The molecule has 0 radical (unpaired) electrons. The van der Waals surface area contributed by atoms with Gasteiger partial charge in [0.25, 0.3) is 5.89 Å². The fourth-order valence-electron chi connectivity index (χ4n) is 2.02. The van der Waals surface area contributed by atoms with Crippen LogP contribution in [0, 0.1) is 2.88 Å². The summed E-state index contributed by atoms with van der Waals surface area (Å²) >= 11 is 3.99. The molecule has 1 saturated heterocycles. The van der Waals surface area contributed by atoms with Crippen molar-refractivity contribution in [2.75, 3.05) is 13.1 Å². The number of halogens is 1. The van der Waals surface area contributed by atoms with Crippen molar-refractivity contribution in [3.63, 3.8) is 0 Å². The summed E-state index contributed by atoms with van der Waals surface area (Å²) in [6.45, 7) is 2.09. The van der Waals surface area contributed by atoms with Crippen LogP contribution in [0.5, 0.6) is 0 Å². The lowest BCUT2D eigenvalue weighted by molar-refractivity contribution is 0.392. The van der Waals surface area contributed by atoms with Gasteiger partial charge in [-0.15, -0.1) is 11.3 Å². The molecule has 90 valence electrons. The van der Waals surface area contributed by atoms with Gasteiger partial charge in [-0.3, -0.25) is 0 Å². The number of thiophene rings is 1. The Kier molecular flexibility index (Phi) is 3.44. The zero-order valence-corrected chi connectivity index (χ0v) is 12.1. The maximum absolute atomic E-state index is 5.34. The van der Waals surface area contributed by atoms with E-state index < -0.39 is 0 Å². The van der Waals surface area contributed by atoms with Crippen LogP contribution < -0.4 is 5.32 Å². The van der Waals surface area contributed by atoms with Crippen molar-refractivity contribution in [2.24, 2.45) is 0 Å². The summed E-state index contributed by atoms with van der Waals surface area (Å²) in [5, 5.41) is 9.51. The Bertz CT molecular complexity index is 504. The first kappa shape index (κ1) is 11.6. The first-order valence-electron chi connectivity index (χ1n) is 5.61. The van der Waals surface area contributed by atoms with Crippen LogP contribution in [-0.2, 0) is 0 Å². The molecule has 1 N–H and O–H groups in total. The Morgan fingerprint density at radius 2 is 2.24 bits per heavy atom. The minimum absolute atomic E-state index is 0.450. The highest BCUT2D eigenvalue weighted by atomic mass is 127. The highest BCUT2D eigenvalue weighted by Gasteiger charge is 2.21. The zero-order valence-electron chi connectivity index (χ0n) is 9.15. The first-order valence-corrected chi connectivity index (χ1v) is 7.57. The van der Waals surface area contributed by atoms with Crippen LogP contribution in [0.15, 0.2) is 16.0 Å². The summed E-state index contributed by atoms with van der Waals surface area (Å²) in [6.07, 6.45) is 2.19. The van der Waals surface area contributed by atoms with Crippen molar-refractivity contribution in [1.29, 1.82) is 0 Å². The van der Waals surface area contributed by atoms with Crippen LogP contribution in [0.4, 0.5) is 0 Å². The molecular weight excluding hydrogens is 349 g/mol. The van der Waals surface area contributed by atoms with E-state index >= 15 is 0 Å². The molecule has 0 saturated carbocycles. The van der Waals surface area contributed by atoms with Crippen molar-refractivity contribution < 1.29 is 4.52 Å². The Balaban J connectivity index is 1.82. The molecule has 1 aliphatic rings. The monoisotopic (exact) mass is 361 g/mol. The number of hydrogen-bond acceptors (Lipinski definition) is 5. The van der Waals surface area contributed by atoms with Gasteiger partial charge in [0.1, 0.15) is 0 Å². The third kappa shape index (κ3) is 2.53. The molecule has 2 aromatic heterocycles. The van der Waals surface area contributed by atoms with E-state index in [1.165, 1.54) is 2.88 Å². The zero-order chi connectivity index (χ0) is 11.7. The van der Waals surface area contributed by atoms with Crippen molar-refractivity contribution in [3.05, 3.63) is 20.2 Å². The van der Waals surface area contributed by atoms with Crippen molar-refractivity contribution in [3.8, 4) is 11.5 Å². The predicted molar refractivity (Wildman–Crippen MR) is 75.2 cm³/mol.